The molecule has 1 fully saturated rings. The summed E-state index contributed by atoms with van der Waals surface area (Å²) in [6.45, 7) is 1.49. The van der Waals surface area contributed by atoms with Crippen molar-refractivity contribution in [2.24, 2.45) is 0 Å². The van der Waals surface area contributed by atoms with Gasteiger partial charge in [0.25, 0.3) is 5.69 Å². The number of rotatable bonds is 4. The van der Waals surface area contributed by atoms with Crippen LogP contribution in [0.5, 0.6) is 0 Å². The number of nitro groups is 1. The van der Waals surface area contributed by atoms with Crippen LogP contribution >= 0.6 is 11.6 Å². The van der Waals surface area contributed by atoms with Gasteiger partial charge in [0.1, 0.15) is 0 Å². The molecule has 1 aromatic rings. The van der Waals surface area contributed by atoms with E-state index in [-0.39, 0.29) is 27.2 Å². The number of benzene rings is 1. The van der Waals surface area contributed by atoms with Gasteiger partial charge in [-0.15, -0.1) is 0 Å². The lowest BCUT2D eigenvalue weighted by Crippen LogP contribution is -2.32. The van der Waals surface area contributed by atoms with Crippen molar-refractivity contribution >= 4 is 27.3 Å². The highest BCUT2D eigenvalue weighted by atomic mass is 35.5. The maximum Gasteiger partial charge on any atom is 0.275 e. The van der Waals surface area contributed by atoms with Gasteiger partial charge in [0.15, 0.2) is 0 Å². The molecule has 1 N–H and O–H groups in total. The number of sulfonamides is 1. The van der Waals surface area contributed by atoms with E-state index in [1.165, 1.54) is 13.0 Å². The van der Waals surface area contributed by atoms with Gasteiger partial charge in [0.2, 0.25) is 10.0 Å². The number of hydrogen-bond donors (Lipinski definition) is 1. The van der Waals surface area contributed by atoms with Gasteiger partial charge in [0.05, 0.1) is 14.8 Å². The van der Waals surface area contributed by atoms with Gasteiger partial charge in [-0.3, -0.25) is 10.1 Å². The Hall–Kier alpha value is -1.18. The molecule has 0 heterocycles. The van der Waals surface area contributed by atoms with Crippen LogP contribution in [0.3, 0.4) is 0 Å². The molecule has 1 aromatic carbocycles. The largest absolute Gasteiger partial charge is 0.275 e. The first-order chi connectivity index (χ1) is 9.31. The van der Waals surface area contributed by atoms with Crippen molar-refractivity contribution in [2.45, 2.75) is 43.5 Å². The highest BCUT2D eigenvalue weighted by molar-refractivity contribution is 7.89. The summed E-state index contributed by atoms with van der Waals surface area (Å²) in [6, 6.07) is 2.21. The molecule has 0 aromatic heterocycles. The van der Waals surface area contributed by atoms with E-state index >= 15 is 0 Å². The first-order valence-corrected chi connectivity index (χ1v) is 8.14. The van der Waals surface area contributed by atoms with E-state index in [4.69, 9.17) is 11.6 Å². The Morgan fingerprint density at radius 3 is 2.50 bits per heavy atom. The van der Waals surface area contributed by atoms with E-state index in [0.717, 1.165) is 31.7 Å². The van der Waals surface area contributed by atoms with Gasteiger partial charge >= 0.3 is 0 Å². The molecule has 0 aliphatic heterocycles. The number of hydrogen-bond acceptors (Lipinski definition) is 4. The van der Waals surface area contributed by atoms with Crippen LogP contribution in [-0.2, 0) is 10.0 Å². The Morgan fingerprint density at radius 2 is 1.95 bits per heavy atom. The molecule has 6 nitrogen and oxygen atoms in total. The van der Waals surface area contributed by atoms with Crippen molar-refractivity contribution in [3.8, 4) is 0 Å². The molecule has 1 aliphatic rings. The number of nitro benzene ring substituents is 1. The summed E-state index contributed by atoms with van der Waals surface area (Å²) in [5.41, 5.74) is -0.0271. The van der Waals surface area contributed by atoms with Crippen LogP contribution in [0.15, 0.2) is 17.0 Å². The van der Waals surface area contributed by atoms with E-state index in [1.54, 1.807) is 0 Å². The Kier molecular flexibility index (Phi) is 4.31. The monoisotopic (exact) mass is 318 g/mol. The maximum absolute atomic E-state index is 12.2. The smallest absolute Gasteiger partial charge is 0.258 e. The molecule has 0 unspecified atom stereocenters. The van der Waals surface area contributed by atoms with E-state index in [1.807, 2.05) is 0 Å². The van der Waals surface area contributed by atoms with E-state index in [0.29, 0.717) is 0 Å². The highest BCUT2D eigenvalue weighted by Gasteiger charge is 2.26. The predicted molar refractivity (Wildman–Crippen MR) is 75.4 cm³/mol. The third-order valence-electron chi connectivity index (χ3n) is 3.47. The van der Waals surface area contributed by atoms with Crippen molar-refractivity contribution in [1.29, 1.82) is 0 Å². The first-order valence-electron chi connectivity index (χ1n) is 6.28. The lowest BCUT2D eigenvalue weighted by molar-refractivity contribution is -0.385. The van der Waals surface area contributed by atoms with Crippen molar-refractivity contribution in [2.75, 3.05) is 0 Å². The molecule has 110 valence electrons. The van der Waals surface area contributed by atoms with Gasteiger partial charge < -0.3 is 0 Å². The van der Waals surface area contributed by atoms with Gasteiger partial charge in [-0.2, -0.15) is 0 Å². The fourth-order valence-electron chi connectivity index (χ4n) is 2.32. The molecule has 0 amide bonds. The van der Waals surface area contributed by atoms with Crippen molar-refractivity contribution in [3.63, 3.8) is 0 Å². The maximum atomic E-state index is 12.2. The quantitative estimate of drug-likeness (QED) is 0.682. The van der Waals surface area contributed by atoms with Gasteiger partial charge in [-0.05, 0) is 25.8 Å². The third kappa shape index (κ3) is 3.11. The predicted octanol–water partition coefficient (Wildman–Crippen LogP) is 2.78. The van der Waals surface area contributed by atoms with Crippen LogP contribution < -0.4 is 4.72 Å². The zero-order chi connectivity index (χ0) is 14.9. The normalized spacial score (nSPS) is 16.5. The number of halogens is 1. The molecule has 0 spiro atoms. The molecule has 0 radical (unpaired) electrons. The van der Waals surface area contributed by atoms with Crippen molar-refractivity contribution in [3.05, 3.63) is 32.8 Å². The second-order valence-corrected chi connectivity index (χ2v) is 7.03. The molecule has 0 saturated heterocycles. The molecular weight excluding hydrogens is 304 g/mol. The summed E-state index contributed by atoms with van der Waals surface area (Å²) in [5, 5.41) is 11.0. The minimum Gasteiger partial charge on any atom is -0.258 e. The fourth-order valence-corrected chi connectivity index (χ4v) is 3.95. The summed E-state index contributed by atoms with van der Waals surface area (Å²) in [5.74, 6) is 0. The highest BCUT2D eigenvalue weighted by Crippen LogP contribution is 2.30. The van der Waals surface area contributed by atoms with Crippen LogP contribution in [0.1, 0.15) is 31.2 Å². The van der Waals surface area contributed by atoms with Crippen molar-refractivity contribution in [1.82, 2.24) is 4.72 Å². The molecule has 1 aliphatic carbocycles. The average Bonchev–Trinajstić information content (AvgIpc) is 2.83. The summed E-state index contributed by atoms with van der Waals surface area (Å²) in [4.78, 5) is 10.1. The van der Waals surface area contributed by atoms with Gasteiger partial charge in [-0.1, -0.05) is 24.4 Å². The van der Waals surface area contributed by atoms with Crippen LogP contribution in [-0.4, -0.2) is 19.4 Å². The van der Waals surface area contributed by atoms with Crippen molar-refractivity contribution < 1.29 is 13.3 Å². The third-order valence-corrected chi connectivity index (χ3v) is 5.37. The summed E-state index contributed by atoms with van der Waals surface area (Å²) >= 11 is 5.89. The Balaban J connectivity index is 2.38. The lowest BCUT2D eigenvalue weighted by Gasteiger charge is -2.13. The fraction of sp³-hybridized carbons (Fsp3) is 0.500. The summed E-state index contributed by atoms with van der Waals surface area (Å²) in [7, 11) is -3.78. The zero-order valence-electron chi connectivity index (χ0n) is 10.9. The minimum absolute atomic E-state index is 0.0750. The Bertz CT molecular complexity index is 639. The molecule has 0 atom stereocenters. The summed E-state index contributed by atoms with van der Waals surface area (Å²) < 4.78 is 27.0. The molecule has 2 rings (SSSR count). The summed E-state index contributed by atoms with van der Waals surface area (Å²) in [6.07, 6.45) is 3.56. The lowest BCUT2D eigenvalue weighted by atomic mass is 10.2. The topological polar surface area (TPSA) is 89.3 Å². The average molecular weight is 319 g/mol. The number of nitrogens with zero attached hydrogens (tertiary/aromatic N) is 1. The second kappa shape index (κ2) is 5.67. The van der Waals surface area contributed by atoms with Crippen LogP contribution in [0.4, 0.5) is 5.69 Å². The SMILES string of the molecule is Cc1c(Cl)cc(S(=O)(=O)NC2CCCC2)cc1[N+](=O)[O-]. The van der Waals surface area contributed by atoms with E-state index in [9.17, 15) is 18.5 Å². The minimum atomic E-state index is -3.78. The van der Waals surface area contributed by atoms with E-state index < -0.39 is 14.9 Å². The van der Waals surface area contributed by atoms with Crippen LogP contribution in [0.2, 0.25) is 5.02 Å². The van der Waals surface area contributed by atoms with Gasteiger partial charge in [-0.25, -0.2) is 13.1 Å². The Labute approximate surface area is 122 Å². The number of nitrogens with one attached hydrogen (secondary N) is 1. The second-order valence-electron chi connectivity index (χ2n) is 4.91. The standard InChI is InChI=1S/C12H15ClN2O4S/c1-8-11(13)6-10(7-12(8)15(16)17)20(18,19)14-9-4-2-3-5-9/h6-7,9,14H,2-5H2,1H3. The molecule has 8 heteroatoms. The molecular formula is C12H15ClN2O4S. The van der Waals surface area contributed by atoms with Crippen LogP contribution in [0, 0.1) is 17.0 Å². The zero-order valence-corrected chi connectivity index (χ0v) is 12.5. The van der Waals surface area contributed by atoms with Gasteiger partial charge in [0, 0.05) is 17.7 Å². The molecule has 20 heavy (non-hydrogen) atoms. The van der Waals surface area contributed by atoms with Crippen LogP contribution in [0.25, 0.3) is 0 Å². The Morgan fingerprint density at radius 1 is 1.35 bits per heavy atom. The van der Waals surface area contributed by atoms with E-state index in [2.05, 4.69) is 4.72 Å². The molecule has 1 saturated carbocycles. The molecule has 0 bridgehead atoms. The first kappa shape index (κ1) is 15.2.